The number of hydrogen-bond donors (Lipinski definition) is 3. The van der Waals surface area contributed by atoms with Gasteiger partial charge in [-0.15, -0.1) is 0 Å². The number of halogens is 7. The van der Waals surface area contributed by atoms with E-state index in [1.807, 2.05) is 18.2 Å². The second kappa shape index (κ2) is 12.4. The van der Waals surface area contributed by atoms with Gasteiger partial charge in [0.1, 0.15) is 6.04 Å². The first kappa shape index (κ1) is 31.5. The molecule has 1 heterocycles. The maximum absolute atomic E-state index is 13.3. The van der Waals surface area contributed by atoms with Crippen molar-refractivity contribution < 1.29 is 45.8 Å². The minimum Gasteiger partial charge on any atom is -0.481 e. The summed E-state index contributed by atoms with van der Waals surface area (Å²) in [6.07, 6.45) is -12.9. The number of anilines is 3. The Hall–Kier alpha value is -3.48. The molecule has 1 aliphatic heterocycles. The lowest BCUT2D eigenvalue weighted by Crippen LogP contribution is -2.51. The first-order chi connectivity index (χ1) is 19.6. The van der Waals surface area contributed by atoms with Crippen molar-refractivity contribution in [3.05, 3.63) is 53.1 Å². The molecular formula is C28H28ClF6N3O4. The highest BCUT2D eigenvalue weighted by atomic mass is 35.5. The molecule has 1 unspecified atom stereocenters. The van der Waals surface area contributed by atoms with Gasteiger partial charge in [-0.2, -0.15) is 26.3 Å². The van der Waals surface area contributed by atoms with E-state index in [1.54, 1.807) is 23.1 Å². The number of carboxylic acid groups (broad SMARTS) is 1. The first-order valence-electron chi connectivity index (χ1n) is 13.3. The van der Waals surface area contributed by atoms with Gasteiger partial charge in [0, 0.05) is 18.5 Å². The van der Waals surface area contributed by atoms with E-state index in [0.717, 1.165) is 18.4 Å². The molecule has 2 aromatic carbocycles. The molecule has 1 aliphatic carbocycles. The third-order valence-corrected chi connectivity index (χ3v) is 7.69. The number of nitrogens with zero attached hydrogens (tertiary/aromatic N) is 1. The minimum absolute atomic E-state index is 0.178. The van der Waals surface area contributed by atoms with Crippen LogP contribution >= 0.6 is 11.6 Å². The van der Waals surface area contributed by atoms with Crippen LogP contribution in [-0.2, 0) is 14.4 Å². The maximum Gasteiger partial charge on any atom is 0.389 e. The van der Waals surface area contributed by atoms with Crippen LogP contribution in [0.4, 0.5) is 43.4 Å². The zero-order valence-electron chi connectivity index (χ0n) is 22.1. The lowest BCUT2D eigenvalue weighted by molar-refractivity contribution is -0.159. The molecule has 14 heteroatoms. The Balaban J connectivity index is 1.65. The van der Waals surface area contributed by atoms with E-state index in [9.17, 15) is 45.8 Å². The van der Waals surface area contributed by atoms with Crippen LogP contribution in [0.1, 0.15) is 50.0 Å². The van der Waals surface area contributed by atoms with Crippen LogP contribution in [0.25, 0.3) is 0 Å². The fraction of sp³-hybridized carbons (Fsp3) is 0.464. The summed E-state index contributed by atoms with van der Waals surface area (Å²) in [7, 11) is 0. The Morgan fingerprint density at radius 1 is 1.00 bits per heavy atom. The van der Waals surface area contributed by atoms with Crippen molar-refractivity contribution in [2.24, 2.45) is 11.8 Å². The highest BCUT2D eigenvalue weighted by molar-refractivity contribution is 6.34. The molecule has 0 saturated heterocycles. The Morgan fingerprint density at radius 3 is 2.21 bits per heavy atom. The molecule has 0 spiro atoms. The largest absolute Gasteiger partial charge is 0.481 e. The van der Waals surface area contributed by atoms with Gasteiger partial charge < -0.3 is 20.6 Å². The van der Waals surface area contributed by atoms with E-state index >= 15 is 0 Å². The number of amides is 2. The number of benzene rings is 2. The van der Waals surface area contributed by atoms with Gasteiger partial charge in [-0.05, 0) is 61.4 Å². The number of para-hydroxylation sites is 1. The molecule has 0 bridgehead atoms. The van der Waals surface area contributed by atoms with Gasteiger partial charge in [0.15, 0.2) is 0 Å². The summed E-state index contributed by atoms with van der Waals surface area (Å²) < 4.78 is 77.9. The van der Waals surface area contributed by atoms with Gasteiger partial charge in [-0.1, -0.05) is 29.8 Å². The summed E-state index contributed by atoms with van der Waals surface area (Å²) in [5.41, 5.74) is 2.39. The van der Waals surface area contributed by atoms with E-state index in [0.29, 0.717) is 17.3 Å². The van der Waals surface area contributed by atoms with Crippen molar-refractivity contribution in [2.45, 2.75) is 62.8 Å². The number of carboxylic acids is 1. The minimum atomic E-state index is -4.80. The molecule has 2 aromatic rings. The van der Waals surface area contributed by atoms with Crippen LogP contribution in [0.15, 0.2) is 42.5 Å². The van der Waals surface area contributed by atoms with E-state index in [2.05, 4.69) is 10.6 Å². The van der Waals surface area contributed by atoms with E-state index in [-0.39, 0.29) is 17.3 Å². The predicted molar refractivity (Wildman–Crippen MR) is 143 cm³/mol. The van der Waals surface area contributed by atoms with E-state index in [4.69, 9.17) is 11.6 Å². The van der Waals surface area contributed by atoms with Crippen molar-refractivity contribution in [3.63, 3.8) is 0 Å². The van der Waals surface area contributed by atoms with Gasteiger partial charge in [0.2, 0.25) is 11.8 Å². The number of alkyl halides is 6. The fourth-order valence-corrected chi connectivity index (χ4v) is 5.30. The predicted octanol–water partition coefficient (Wildman–Crippen LogP) is 6.79. The average Bonchev–Trinajstić information content (AvgIpc) is 3.74. The third-order valence-electron chi connectivity index (χ3n) is 7.38. The summed E-state index contributed by atoms with van der Waals surface area (Å²) in [5.74, 6) is -7.57. The SMILES string of the molecule is O=C1Nc2c(Cl)cccc2N(c2cccc(C3CC3)c2)CC1NC(=O)[C@H](CCC(F)(F)F)[C@H](CCC(F)(F)F)C(=O)O. The summed E-state index contributed by atoms with van der Waals surface area (Å²) >= 11 is 6.37. The lowest BCUT2D eigenvalue weighted by Gasteiger charge is -2.29. The van der Waals surface area contributed by atoms with Gasteiger partial charge in [-0.25, -0.2) is 0 Å². The second-order valence-electron chi connectivity index (χ2n) is 10.5. The molecule has 1 fully saturated rings. The molecule has 4 rings (SSSR count). The third kappa shape index (κ3) is 8.08. The van der Waals surface area contributed by atoms with Crippen molar-refractivity contribution in [3.8, 4) is 0 Å². The number of nitrogens with one attached hydrogen (secondary N) is 2. The monoisotopic (exact) mass is 619 g/mol. The molecular weight excluding hydrogens is 592 g/mol. The smallest absolute Gasteiger partial charge is 0.389 e. The Kier molecular flexibility index (Phi) is 9.29. The van der Waals surface area contributed by atoms with Crippen molar-refractivity contribution in [1.29, 1.82) is 0 Å². The second-order valence-corrected chi connectivity index (χ2v) is 10.9. The Labute approximate surface area is 242 Å². The number of fused-ring (bicyclic) bond motifs is 1. The van der Waals surface area contributed by atoms with Gasteiger partial charge in [-0.3, -0.25) is 14.4 Å². The standard InChI is InChI=1S/C28H28ClF6N3O4/c29-20-5-2-6-22-23(20)37-25(40)21(14-38(22)17-4-1-3-16(13-17)15-7-8-15)36-24(39)18(9-11-27(30,31)32)19(26(41)42)10-12-28(33,34)35/h1-6,13,15,18-19,21H,7-12,14H2,(H,36,39)(H,37,40)(H,41,42)/t18-,19+,21?/m1/s1. The summed E-state index contributed by atoms with van der Waals surface area (Å²) in [6, 6.07) is 10.9. The maximum atomic E-state index is 13.3. The van der Waals surface area contributed by atoms with Crippen molar-refractivity contribution >= 4 is 46.4 Å². The average molecular weight is 620 g/mol. The van der Waals surface area contributed by atoms with Crippen LogP contribution in [0.3, 0.4) is 0 Å². The van der Waals surface area contributed by atoms with Crippen LogP contribution in [-0.4, -0.2) is 47.8 Å². The number of aliphatic carboxylic acids is 1. The number of hydrogen-bond acceptors (Lipinski definition) is 4. The normalized spacial score (nSPS) is 18.9. The van der Waals surface area contributed by atoms with Crippen LogP contribution in [0.2, 0.25) is 5.02 Å². The molecule has 228 valence electrons. The topological polar surface area (TPSA) is 98.7 Å². The van der Waals surface area contributed by atoms with Gasteiger partial charge in [0.05, 0.1) is 34.8 Å². The molecule has 3 atom stereocenters. The number of carbonyl (C=O) groups is 3. The zero-order valence-corrected chi connectivity index (χ0v) is 22.8. The van der Waals surface area contributed by atoms with Crippen LogP contribution in [0, 0.1) is 11.8 Å². The van der Waals surface area contributed by atoms with E-state index in [1.165, 1.54) is 6.07 Å². The Bertz CT molecular complexity index is 1330. The number of carbonyl (C=O) groups excluding carboxylic acids is 2. The van der Waals surface area contributed by atoms with Crippen LogP contribution < -0.4 is 15.5 Å². The molecule has 42 heavy (non-hydrogen) atoms. The van der Waals surface area contributed by atoms with Crippen LogP contribution in [0.5, 0.6) is 0 Å². The highest BCUT2D eigenvalue weighted by Crippen LogP contribution is 2.43. The Morgan fingerprint density at radius 2 is 1.62 bits per heavy atom. The molecule has 7 nitrogen and oxygen atoms in total. The molecule has 2 aliphatic rings. The molecule has 3 N–H and O–H groups in total. The van der Waals surface area contributed by atoms with Crippen molar-refractivity contribution in [2.75, 3.05) is 16.8 Å². The van der Waals surface area contributed by atoms with Crippen molar-refractivity contribution in [1.82, 2.24) is 5.32 Å². The zero-order chi connectivity index (χ0) is 30.8. The summed E-state index contributed by atoms with van der Waals surface area (Å²) in [5, 5.41) is 14.7. The highest BCUT2D eigenvalue weighted by Gasteiger charge is 2.41. The summed E-state index contributed by atoms with van der Waals surface area (Å²) in [6.45, 7) is -0.217. The van der Waals surface area contributed by atoms with Gasteiger partial charge >= 0.3 is 18.3 Å². The molecule has 1 saturated carbocycles. The summed E-state index contributed by atoms with van der Waals surface area (Å²) in [4.78, 5) is 40.2. The molecule has 2 amide bonds. The lowest BCUT2D eigenvalue weighted by atomic mass is 9.84. The number of rotatable bonds is 10. The van der Waals surface area contributed by atoms with Gasteiger partial charge in [0.25, 0.3) is 0 Å². The quantitative estimate of drug-likeness (QED) is 0.254. The fourth-order valence-electron chi connectivity index (χ4n) is 5.08. The first-order valence-corrected chi connectivity index (χ1v) is 13.6. The molecule has 0 aromatic heterocycles. The van der Waals surface area contributed by atoms with E-state index < -0.39 is 73.7 Å². The molecule has 0 radical (unpaired) electrons.